The lowest BCUT2D eigenvalue weighted by Crippen LogP contribution is -2.14. The number of carbonyl (C=O) groups excluding carboxylic acids is 1. The first-order valence-electron chi connectivity index (χ1n) is 7.97. The second-order valence-corrected chi connectivity index (χ2v) is 5.83. The molecule has 8 heteroatoms. The molecular weight excluding hydrogens is 320 g/mol. The van der Waals surface area contributed by atoms with E-state index in [0.29, 0.717) is 12.4 Å². The second kappa shape index (κ2) is 6.84. The van der Waals surface area contributed by atoms with Gasteiger partial charge < -0.3 is 4.74 Å². The maximum atomic E-state index is 11.9. The van der Waals surface area contributed by atoms with Crippen LogP contribution in [0.15, 0.2) is 30.3 Å². The van der Waals surface area contributed by atoms with Crippen molar-refractivity contribution in [1.29, 1.82) is 0 Å². The first-order chi connectivity index (χ1) is 12.0. The number of hydrogen-bond acceptors (Lipinski definition) is 6. The number of tetrazole rings is 1. The lowest BCUT2D eigenvalue weighted by atomic mass is 9.99. The molecule has 3 rings (SSSR count). The van der Waals surface area contributed by atoms with Gasteiger partial charge in [0.15, 0.2) is 5.82 Å². The zero-order valence-electron chi connectivity index (χ0n) is 14.7. The second-order valence-electron chi connectivity index (χ2n) is 5.83. The molecule has 0 N–H and O–H groups in total. The minimum absolute atomic E-state index is 0.278. The third-order valence-electron chi connectivity index (χ3n) is 4.25. The standard InChI is InChI=1S/C17H20N6O2/c1-11(17(24)25-4)16-12(2)19-22(13(16)3)10-15-18-20-21-23(15)14-8-6-5-7-9-14/h5-9,11H,10H2,1-4H3/t11-/m1/s1. The van der Waals surface area contributed by atoms with Crippen molar-refractivity contribution in [1.82, 2.24) is 30.0 Å². The van der Waals surface area contributed by atoms with E-state index in [1.165, 1.54) is 7.11 Å². The van der Waals surface area contributed by atoms with Crippen molar-refractivity contribution in [3.05, 3.63) is 53.1 Å². The number of hydrogen-bond donors (Lipinski definition) is 0. The fraction of sp³-hybridized carbons (Fsp3) is 0.353. The fourth-order valence-electron chi connectivity index (χ4n) is 2.99. The van der Waals surface area contributed by atoms with Gasteiger partial charge in [0.25, 0.3) is 0 Å². The molecule has 0 saturated heterocycles. The van der Waals surface area contributed by atoms with E-state index in [1.54, 1.807) is 4.68 Å². The first-order valence-corrected chi connectivity index (χ1v) is 7.97. The van der Waals surface area contributed by atoms with Crippen LogP contribution in [0.5, 0.6) is 0 Å². The molecule has 2 heterocycles. The third kappa shape index (κ3) is 3.15. The van der Waals surface area contributed by atoms with Crippen molar-refractivity contribution in [2.75, 3.05) is 7.11 Å². The number of aryl methyl sites for hydroxylation is 1. The molecule has 0 aliphatic rings. The Kier molecular flexibility index (Phi) is 4.60. The Morgan fingerprint density at radius 2 is 1.96 bits per heavy atom. The van der Waals surface area contributed by atoms with Crippen LogP contribution in [0.1, 0.15) is 35.6 Å². The predicted octanol–water partition coefficient (Wildman–Crippen LogP) is 1.80. The zero-order chi connectivity index (χ0) is 18.0. The summed E-state index contributed by atoms with van der Waals surface area (Å²) in [7, 11) is 1.39. The Bertz CT molecular complexity index is 884. The summed E-state index contributed by atoms with van der Waals surface area (Å²) in [5.41, 5.74) is 3.46. The molecule has 8 nitrogen and oxygen atoms in total. The van der Waals surface area contributed by atoms with Crippen molar-refractivity contribution in [2.45, 2.75) is 33.2 Å². The summed E-state index contributed by atoms with van der Waals surface area (Å²) in [5.74, 6) is 0.0119. The summed E-state index contributed by atoms with van der Waals surface area (Å²) in [6.45, 7) is 6.05. The van der Waals surface area contributed by atoms with E-state index in [-0.39, 0.29) is 11.9 Å². The molecule has 130 valence electrons. The minimum Gasteiger partial charge on any atom is -0.469 e. The van der Waals surface area contributed by atoms with E-state index in [9.17, 15) is 4.79 Å². The normalized spacial score (nSPS) is 12.2. The Balaban J connectivity index is 1.93. The van der Waals surface area contributed by atoms with Crippen LogP contribution in [-0.2, 0) is 16.1 Å². The Labute approximate surface area is 145 Å². The van der Waals surface area contributed by atoms with Crippen LogP contribution in [0.4, 0.5) is 0 Å². The van der Waals surface area contributed by atoms with Crippen LogP contribution in [0.2, 0.25) is 0 Å². The van der Waals surface area contributed by atoms with E-state index < -0.39 is 0 Å². The number of rotatable bonds is 5. The highest BCUT2D eigenvalue weighted by Crippen LogP contribution is 2.24. The Morgan fingerprint density at radius 3 is 2.64 bits per heavy atom. The average Bonchev–Trinajstić information content (AvgIpc) is 3.19. The van der Waals surface area contributed by atoms with Crippen molar-refractivity contribution in [2.24, 2.45) is 0 Å². The number of benzene rings is 1. The van der Waals surface area contributed by atoms with Crippen LogP contribution in [0.25, 0.3) is 5.69 Å². The van der Waals surface area contributed by atoms with Crippen LogP contribution < -0.4 is 0 Å². The Hall–Kier alpha value is -3.03. The number of para-hydroxylation sites is 1. The highest BCUT2D eigenvalue weighted by Gasteiger charge is 2.24. The van der Waals surface area contributed by atoms with E-state index >= 15 is 0 Å². The van der Waals surface area contributed by atoms with Gasteiger partial charge in [0.1, 0.15) is 6.54 Å². The van der Waals surface area contributed by atoms with Gasteiger partial charge in [-0.25, -0.2) is 0 Å². The molecule has 1 atom stereocenters. The van der Waals surface area contributed by atoms with E-state index in [4.69, 9.17) is 4.74 Å². The van der Waals surface area contributed by atoms with Gasteiger partial charge in [-0.2, -0.15) is 9.78 Å². The van der Waals surface area contributed by atoms with Gasteiger partial charge >= 0.3 is 5.97 Å². The summed E-state index contributed by atoms with van der Waals surface area (Å²) >= 11 is 0. The summed E-state index contributed by atoms with van der Waals surface area (Å²) < 4.78 is 8.35. The predicted molar refractivity (Wildman–Crippen MR) is 90.4 cm³/mol. The smallest absolute Gasteiger partial charge is 0.312 e. The van der Waals surface area contributed by atoms with E-state index in [2.05, 4.69) is 20.6 Å². The van der Waals surface area contributed by atoms with Crippen molar-refractivity contribution in [3.8, 4) is 5.69 Å². The van der Waals surface area contributed by atoms with Gasteiger partial charge in [0.2, 0.25) is 0 Å². The molecule has 0 radical (unpaired) electrons. The molecule has 0 spiro atoms. The summed E-state index contributed by atoms with van der Waals surface area (Å²) in [5, 5.41) is 16.5. The average molecular weight is 340 g/mol. The topological polar surface area (TPSA) is 87.7 Å². The van der Waals surface area contributed by atoms with Crippen molar-refractivity contribution < 1.29 is 9.53 Å². The number of esters is 1. The first kappa shape index (κ1) is 16.8. The van der Waals surface area contributed by atoms with Crippen LogP contribution in [-0.4, -0.2) is 43.1 Å². The van der Waals surface area contributed by atoms with E-state index in [1.807, 2.05) is 55.8 Å². The molecule has 0 fully saturated rings. The van der Waals surface area contributed by atoms with Gasteiger partial charge in [0.05, 0.1) is 24.4 Å². The molecule has 0 amide bonds. The fourth-order valence-corrected chi connectivity index (χ4v) is 2.99. The number of carbonyl (C=O) groups is 1. The molecule has 0 bridgehead atoms. The molecular formula is C17H20N6O2. The molecule has 2 aromatic heterocycles. The number of aromatic nitrogens is 6. The SMILES string of the molecule is COC(=O)[C@H](C)c1c(C)nn(Cc2nnnn2-c2ccccc2)c1C. The molecule has 3 aromatic rings. The van der Waals surface area contributed by atoms with Crippen molar-refractivity contribution >= 4 is 5.97 Å². The van der Waals surface area contributed by atoms with Gasteiger partial charge in [-0.1, -0.05) is 18.2 Å². The zero-order valence-corrected chi connectivity index (χ0v) is 14.7. The van der Waals surface area contributed by atoms with Gasteiger partial charge in [-0.15, -0.1) is 5.10 Å². The lowest BCUT2D eigenvalue weighted by molar-refractivity contribution is -0.142. The quantitative estimate of drug-likeness (QED) is 0.658. The molecule has 25 heavy (non-hydrogen) atoms. The Morgan fingerprint density at radius 1 is 1.24 bits per heavy atom. The molecule has 0 unspecified atom stereocenters. The lowest BCUT2D eigenvalue weighted by Gasteiger charge is -2.10. The number of nitrogens with zero attached hydrogens (tertiary/aromatic N) is 6. The van der Waals surface area contributed by atoms with Crippen molar-refractivity contribution in [3.63, 3.8) is 0 Å². The molecule has 0 aliphatic heterocycles. The van der Waals surface area contributed by atoms with Crippen LogP contribution in [0.3, 0.4) is 0 Å². The monoisotopic (exact) mass is 340 g/mol. The maximum Gasteiger partial charge on any atom is 0.312 e. The summed E-state index contributed by atoms with van der Waals surface area (Å²) in [6.07, 6.45) is 0. The maximum absolute atomic E-state index is 11.9. The molecule has 0 saturated carbocycles. The minimum atomic E-state index is -0.371. The summed E-state index contributed by atoms with van der Waals surface area (Å²) in [6, 6.07) is 9.67. The third-order valence-corrected chi connectivity index (χ3v) is 4.25. The number of methoxy groups -OCH3 is 1. The van der Waals surface area contributed by atoms with Crippen LogP contribution >= 0.6 is 0 Å². The van der Waals surface area contributed by atoms with E-state index in [0.717, 1.165) is 22.6 Å². The molecule has 1 aromatic carbocycles. The van der Waals surface area contributed by atoms with Gasteiger partial charge in [-0.05, 0) is 43.3 Å². The van der Waals surface area contributed by atoms with Gasteiger partial charge in [0, 0.05) is 11.3 Å². The molecule has 0 aliphatic carbocycles. The largest absolute Gasteiger partial charge is 0.469 e. The highest BCUT2D eigenvalue weighted by atomic mass is 16.5. The number of ether oxygens (including phenoxy) is 1. The summed E-state index contributed by atoms with van der Waals surface area (Å²) in [4.78, 5) is 11.9. The van der Waals surface area contributed by atoms with Gasteiger partial charge in [-0.3, -0.25) is 9.48 Å². The van der Waals surface area contributed by atoms with Crippen LogP contribution in [0, 0.1) is 13.8 Å². The highest BCUT2D eigenvalue weighted by molar-refractivity contribution is 5.78.